The molecule has 1 aliphatic rings. The van der Waals surface area contributed by atoms with E-state index < -0.39 is 0 Å². The molecule has 0 bridgehead atoms. The van der Waals surface area contributed by atoms with Crippen LogP contribution >= 0.6 is 36.4 Å². The number of ether oxygens (including phenoxy) is 2. The second-order valence-corrected chi connectivity index (χ2v) is 8.93. The summed E-state index contributed by atoms with van der Waals surface area (Å²) in [7, 11) is 0. The van der Waals surface area contributed by atoms with Gasteiger partial charge in [0.2, 0.25) is 0 Å². The molecule has 0 aliphatic carbocycles. The van der Waals surface area contributed by atoms with Gasteiger partial charge in [-0.05, 0) is 55.3 Å². The molecule has 7 heteroatoms. The zero-order chi connectivity index (χ0) is 22.7. The topological polar surface area (TPSA) is 24.9 Å². The Balaban J connectivity index is 0.00000216. The first-order valence-corrected chi connectivity index (χ1v) is 12.2. The van der Waals surface area contributed by atoms with E-state index in [1.54, 1.807) is 0 Å². The number of aryl methyl sites for hydroxylation is 1. The van der Waals surface area contributed by atoms with Crippen LogP contribution in [0.4, 0.5) is 0 Å². The molecule has 0 atom stereocenters. The molecule has 0 aromatic heterocycles. The summed E-state index contributed by atoms with van der Waals surface area (Å²) in [4.78, 5) is 5.08. The molecule has 3 aromatic carbocycles. The SMILES string of the molecule is Cl.Cl.Clc1ccc(Oc2ccccc2)c(COCCN2CCN(CCCc3ccccc3)CC2)c1. The van der Waals surface area contributed by atoms with Crippen molar-refractivity contribution in [2.45, 2.75) is 19.4 Å². The molecule has 1 heterocycles. The lowest BCUT2D eigenvalue weighted by molar-refractivity contribution is 0.0676. The molecule has 4 rings (SSSR count). The molecule has 35 heavy (non-hydrogen) atoms. The first-order valence-electron chi connectivity index (χ1n) is 11.8. The summed E-state index contributed by atoms with van der Waals surface area (Å²) in [6.45, 7) is 7.80. The van der Waals surface area contributed by atoms with E-state index in [9.17, 15) is 0 Å². The van der Waals surface area contributed by atoms with Gasteiger partial charge < -0.3 is 14.4 Å². The molecule has 0 amide bonds. The predicted molar refractivity (Wildman–Crippen MR) is 150 cm³/mol. The Morgan fingerprint density at radius 3 is 2.06 bits per heavy atom. The van der Waals surface area contributed by atoms with Crippen LogP contribution in [-0.4, -0.2) is 55.7 Å². The van der Waals surface area contributed by atoms with Crippen molar-refractivity contribution in [2.24, 2.45) is 0 Å². The lowest BCUT2D eigenvalue weighted by Gasteiger charge is -2.34. The minimum absolute atomic E-state index is 0. The number of benzene rings is 3. The van der Waals surface area contributed by atoms with Gasteiger partial charge in [-0.2, -0.15) is 0 Å². The third-order valence-electron chi connectivity index (χ3n) is 6.05. The van der Waals surface area contributed by atoms with Crippen LogP contribution in [0.25, 0.3) is 0 Å². The average molecular weight is 538 g/mol. The highest BCUT2D eigenvalue weighted by atomic mass is 35.5. The number of nitrogens with zero attached hydrogens (tertiary/aromatic N) is 2. The number of rotatable bonds is 11. The first kappa shape index (κ1) is 29.4. The van der Waals surface area contributed by atoms with Gasteiger partial charge in [-0.3, -0.25) is 4.90 Å². The van der Waals surface area contributed by atoms with E-state index >= 15 is 0 Å². The third kappa shape index (κ3) is 10.0. The van der Waals surface area contributed by atoms with Crippen molar-refractivity contribution in [3.8, 4) is 11.5 Å². The molecule has 0 saturated carbocycles. The molecule has 0 N–H and O–H groups in total. The van der Waals surface area contributed by atoms with Crippen LogP contribution in [0.15, 0.2) is 78.9 Å². The van der Waals surface area contributed by atoms with Gasteiger partial charge >= 0.3 is 0 Å². The standard InChI is InChI=1S/C28H33ClN2O2.2ClH/c29-26-13-14-28(33-27-11-5-2-6-12-27)25(22-26)23-32-21-20-31-18-16-30(17-19-31)15-7-10-24-8-3-1-4-9-24;;/h1-6,8-9,11-14,22H,7,10,15-21,23H2;2*1H. The van der Waals surface area contributed by atoms with Gasteiger partial charge in [-0.1, -0.05) is 60.1 Å². The van der Waals surface area contributed by atoms with Crippen LogP contribution in [-0.2, 0) is 17.8 Å². The molecule has 0 unspecified atom stereocenters. The van der Waals surface area contributed by atoms with Crippen molar-refractivity contribution in [3.05, 3.63) is 95.0 Å². The summed E-state index contributed by atoms with van der Waals surface area (Å²) < 4.78 is 12.0. The van der Waals surface area contributed by atoms with E-state index in [4.69, 9.17) is 21.1 Å². The van der Waals surface area contributed by atoms with Crippen LogP contribution in [0.3, 0.4) is 0 Å². The fourth-order valence-electron chi connectivity index (χ4n) is 4.14. The normalized spacial score (nSPS) is 14.1. The van der Waals surface area contributed by atoms with E-state index in [-0.39, 0.29) is 24.8 Å². The van der Waals surface area contributed by atoms with E-state index in [1.165, 1.54) is 18.5 Å². The summed E-state index contributed by atoms with van der Waals surface area (Å²) >= 11 is 6.21. The monoisotopic (exact) mass is 536 g/mol. The lowest BCUT2D eigenvalue weighted by atomic mass is 10.1. The van der Waals surface area contributed by atoms with Crippen molar-refractivity contribution in [1.29, 1.82) is 0 Å². The molecule has 190 valence electrons. The van der Waals surface area contributed by atoms with Crippen molar-refractivity contribution < 1.29 is 9.47 Å². The van der Waals surface area contributed by atoms with E-state index in [2.05, 4.69) is 40.1 Å². The summed E-state index contributed by atoms with van der Waals surface area (Å²) in [6, 6.07) is 26.2. The minimum Gasteiger partial charge on any atom is -0.457 e. The number of hydrogen-bond donors (Lipinski definition) is 0. The average Bonchev–Trinajstić information content (AvgIpc) is 2.85. The Kier molecular flexibility index (Phi) is 13.5. The fraction of sp³-hybridized carbons (Fsp3) is 0.357. The summed E-state index contributed by atoms with van der Waals surface area (Å²) in [5, 5.41) is 0.692. The van der Waals surface area contributed by atoms with Crippen LogP contribution in [0.5, 0.6) is 11.5 Å². The largest absolute Gasteiger partial charge is 0.457 e. The molecular formula is C28H35Cl3N2O2. The third-order valence-corrected chi connectivity index (χ3v) is 6.29. The van der Waals surface area contributed by atoms with Crippen molar-refractivity contribution in [1.82, 2.24) is 9.80 Å². The number of halogens is 3. The molecular weight excluding hydrogens is 503 g/mol. The van der Waals surface area contributed by atoms with Gasteiger partial charge in [0, 0.05) is 43.3 Å². The maximum Gasteiger partial charge on any atom is 0.133 e. The van der Waals surface area contributed by atoms with Crippen LogP contribution in [0, 0.1) is 0 Å². The van der Waals surface area contributed by atoms with Gasteiger partial charge in [-0.15, -0.1) is 24.8 Å². The number of hydrogen-bond acceptors (Lipinski definition) is 4. The smallest absolute Gasteiger partial charge is 0.133 e. The van der Waals surface area contributed by atoms with E-state index in [0.29, 0.717) is 18.2 Å². The zero-order valence-corrected chi connectivity index (χ0v) is 22.4. The predicted octanol–water partition coefficient (Wildman–Crippen LogP) is 6.74. The van der Waals surface area contributed by atoms with Crippen molar-refractivity contribution in [2.75, 3.05) is 45.9 Å². The fourth-order valence-corrected chi connectivity index (χ4v) is 4.33. The van der Waals surface area contributed by atoms with Gasteiger partial charge in [-0.25, -0.2) is 0 Å². The van der Waals surface area contributed by atoms with Crippen molar-refractivity contribution >= 4 is 36.4 Å². The second kappa shape index (κ2) is 16.1. The Bertz CT molecular complexity index is 968. The van der Waals surface area contributed by atoms with Gasteiger partial charge in [0.15, 0.2) is 0 Å². The molecule has 1 fully saturated rings. The van der Waals surface area contributed by atoms with Crippen molar-refractivity contribution in [3.63, 3.8) is 0 Å². The minimum atomic E-state index is 0. The second-order valence-electron chi connectivity index (χ2n) is 8.49. The summed E-state index contributed by atoms with van der Waals surface area (Å²) in [5.41, 5.74) is 2.40. The highest BCUT2D eigenvalue weighted by Crippen LogP contribution is 2.28. The Labute approximate surface area is 227 Å². The number of para-hydroxylation sites is 1. The van der Waals surface area contributed by atoms with Gasteiger partial charge in [0.25, 0.3) is 0 Å². The van der Waals surface area contributed by atoms with E-state index in [1.807, 2.05) is 48.5 Å². The quantitative estimate of drug-likeness (QED) is 0.253. The van der Waals surface area contributed by atoms with Crippen LogP contribution < -0.4 is 4.74 Å². The lowest BCUT2D eigenvalue weighted by Crippen LogP contribution is -2.47. The Morgan fingerprint density at radius 1 is 0.743 bits per heavy atom. The summed E-state index contributed by atoms with van der Waals surface area (Å²) in [6.07, 6.45) is 2.38. The molecule has 1 saturated heterocycles. The molecule has 0 radical (unpaired) electrons. The maximum atomic E-state index is 6.21. The van der Waals surface area contributed by atoms with Gasteiger partial charge in [0.1, 0.15) is 11.5 Å². The zero-order valence-electron chi connectivity index (χ0n) is 20.0. The first-order chi connectivity index (χ1) is 16.3. The Hall–Kier alpha value is -1.79. The van der Waals surface area contributed by atoms with Gasteiger partial charge in [0.05, 0.1) is 13.2 Å². The molecule has 0 spiro atoms. The van der Waals surface area contributed by atoms with Crippen LogP contribution in [0.1, 0.15) is 17.5 Å². The van der Waals surface area contributed by atoms with E-state index in [0.717, 1.165) is 56.2 Å². The highest BCUT2D eigenvalue weighted by Gasteiger charge is 2.16. The van der Waals surface area contributed by atoms with Crippen LogP contribution in [0.2, 0.25) is 5.02 Å². The molecule has 1 aliphatic heterocycles. The Morgan fingerprint density at radius 2 is 1.37 bits per heavy atom. The molecule has 3 aromatic rings. The summed E-state index contributed by atoms with van der Waals surface area (Å²) in [5.74, 6) is 1.59. The molecule has 4 nitrogen and oxygen atoms in total. The highest BCUT2D eigenvalue weighted by molar-refractivity contribution is 6.30. The number of piperazine rings is 1. The maximum absolute atomic E-state index is 6.21.